The normalized spacial score (nSPS) is 12.3. The van der Waals surface area contributed by atoms with Crippen LogP contribution >= 0.6 is 11.3 Å². The lowest BCUT2D eigenvalue weighted by molar-refractivity contribution is 0.406. The summed E-state index contributed by atoms with van der Waals surface area (Å²) in [7, 11) is 1.74. The highest BCUT2D eigenvalue weighted by Gasteiger charge is 2.15. The van der Waals surface area contributed by atoms with E-state index >= 15 is 0 Å². The highest BCUT2D eigenvalue weighted by molar-refractivity contribution is 7.12. The monoisotopic (exact) mass is 289 g/mol. The molecular formula is C17H23NOS. The van der Waals surface area contributed by atoms with Crippen LogP contribution in [0.1, 0.15) is 35.2 Å². The Kier molecular flexibility index (Phi) is 5.62. The predicted octanol–water partition coefficient (Wildman–Crippen LogP) is 4.21. The second kappa shape index (κ2) is 7.46. The molecule has 1 aromatic carbocycles. The Bertz CT molecular complexity index is 535. The highest BCUT2D eigenvalue weighted by Crippen LogP contribution is 2.29. The largest absolute Gasteiger partial charge is 0.496 e. The lowest BCUT2D eigenvalue weighted by atomic mass is 10.0. The molecule has 0 saturated carbocycles. The van der Waals surface area contributed by atoms with Gasteiger partial charge in [-0.25, -0.2) is 0 Å². The molecule has 2 nitrogen and oxygen atoms in total. The van der Waals surface area contributed by atoms with E-state index < -0.39 is 0 Å². The molecule has 108 valence electrons. The number of hydrogen-bond acceptors (Lipinski definition) is 3. The Balaban J connectivity index is 2.20. The molecule has 1 atom stereocenters. The molecule has 2 aromatic rings. The van der Waals surface area contributed by atoms with Gasteiger partial charge in [-0.1, -0.05) is 32.0 Å². The smallest absolute Gasteiger partial charge is 0.122 e. The van der Waals surface area contributed by atoms with Crippen LogP contribution in [0, 0.1) is 0 Å². The van der Waals surface area contributed by atoms with Crippen LogP contribution in [0.25, 0.3) is 0 Å². The van der Waals surface area contributed by atoms with Crippen LogP contribution in [0.2, 0.25) is 0 Å². The van der Waals surface area contributed by atoms with E-state index in [-0.39, 0.29) is 0 Å². The fraction of sp³-hybridized carbons (Fsp3) is 0.412. The van der Waals surface area contributed by atoms with Gasteiger partial charge >= 0.3 is 0 Å². The van der Waals surface area contributed by atoms with Crippen LogP contribution in [0.3, 0.4) is 0 Å². The molecular weight excluding hydrogens is 266 g/mol. The van der Waals surface area contributed by atoms with Crippen LogP contribution in [0.4, 0.5) is 0 Å². The van der Waals surface area contributed by atoms with Gasteiger partial charge in [-0.3, -0.25) is 0 Å². The SMILES string of the molecule is CCNC(Cc1ccccc1OC)c1ccc(CC)s1. The molecule has 2 rings (SSSR count). The highest BCUT2D eigenvalue weighted by atomic mass is 32.1. The molecule has 0 aliphatic carbocycles. The van der Waals surface area contributed by atoms with E-state index in [1.165, 1.54) is 15.3 Å². The number of nitrogens with one attached hydrogen (secondary N) is 1. The summed E-state index contributed by atoms with van der Waals surface area (Å²) in [4.78, 5) is 2.86. The van der Waals surface area contributed by atoms with Gasteiger partial charge in [0.25, 0.3) is 0 Å². The van der Waals surface area contributed by atoms with Gasteiger partial charge in [0.1, 0.15) is 5.75 Å². The number of likely N-dealkylation sites (N-methyl/N-ethyl adjacent to an activating group) is 1. The summed E-state index contributed by atoms with van der Waals surface area (Å²) in [5.41, 5.74) is 1.26. The van der Waals surface area contributed by atoms with Crippen molar-refractivity contribution in [3.63, 3.8) is 0 Å². The molecule has 0 fully saturated rings. The maximum Gasteiger partial charge on any atom is 0.122 e. The van der Waals surface area contributed by atoms with Gasteiger partial charge < -0.3 is 10.1 Å². The molecule has 0 spiro atoms. The predicted molar refractivity (Wildman–Crippen MR) is 86.8 cm³/mol. The summed E-state index contributed by atoms with van der Waals surface area (Å²) in [6.45, 7) is 5.33. The van der Waals surface area contributed by atoms with E-state index in [2.05, 4.69) is 43.4 Å². The summed E-state index contributed by atoms with van der Waals surface area (Å²) in [5.74, 6) is 0.975. The number of para-hydroxylation sites is 1. The Hall–Kier alpha value is -1.32. The van der Waals surface area contributed by atoms with Gasteiger partial charge in [-0.05, 0) is 43.1 Å². The number of thiophene rings is 1. The maximum atomic E-state index is 5.46. The molecule has 0 aliphatic heterocycles. The van der Waals surface area contributed by atoms with Gasteiger partial charge in [0.15, 0.2) is 0 Å². The third kappa shape index (κ3) is 3.62. The number of hydrogen-bond donors (Lipinski definition) is 1. The third-order valence-corrected chi connectivity index (χ3v) is 4.78. The van der Waals surface area contributed by atoms with Crippen molar-refractivity contribution in [3.05, 3.63) is 51.7 Å². The van der Waals surface area contributed by atoms with Crippen LogP contribution in [-0.4, -0.2) is 13.7 Å². The number of rotatable bonds is 7. The van der Waals surface area contributed by atoms with Crippen LogP contribution < -0.4 is 10.1 Å². The van der Waals surface area contributed by atoms with Crippen molar-refractivity contribution in [3.8, 4) is 5.75 Å². The second-order valence-electron chi connectivity index (χ2n) is 4.78. The van der Waals surface area contributed by atoms with E-state index in [1.807, 2.05) is 23.5 Å². The Labute approximate surface area is 125 Å². The van der Waals surface area contributed by atoms with Crippen molar-refractivity contribution < 1.29 is 4.74 Å². The first-order valence-corrected chi connectivity index (χ1v) is 8.04. The van der Waals surface area contributed by atoms with Crippen molar-refractivity contribution in [2.75, 3.05) is 13.7 Å². The Morgan fingerprint density at radius 3 is 2.60 bits per heavy atom. The lowest BCUT2D eigenvalue weighted by Crippen LogP contribution is -2.22. The molecule has 0 bridgehead atoms. The average Bonchev–Trinajstić information content (AvgIpc) is 2.96. The van der Waals surface area contributed by atoms with E-state index in [0.29, 0.717) is 6.04 Å². The van der Waals surface area contributed by atoms with E-state index in [1.54, 1.807) is 7.11 Å². The zero-order valence-corrected chi connectivity index (χ0v) is 13.3. The van der Waals surface area contributed by atoms with Crippen molar-refractivity contribution in [1.82, 2.24) is 5.32 Å². The third-order valence-electron chi connectivity index (χ3n) is 3.44. The molecule has 0 saturated heterocycles. The standard InChI is InChI=1S/C17H23NOS/c1-4-14-10-11-17(20-14)15(18-5-2)12-13-8-6-7-9-16(13)19-3/h6-11,15,18H,4-5,12H2,1-3H3. The van der Waals surface area contributed by atoms with Crippen molar-refractivity contribution >= 4 is 11.3 Å². The van der Waals surface area contributed by atoms with E-state index in [0.717, 1.165) is 25.1 Å². The molecule has 20 heavy (non-hydrogen) atoms. The van der Waals surface area contributed by atoms with E-state index in [4.69, 9.17) is 4.74 Å². The molecule has 3 heteroatoms. The minimum atomic E-state index is 0.363. The first kappa shape index (κ1) is 15.1. The molecule has 0 aliphatic rings. The average molecular weight is 289 g/mol. The fourth-order valence-corrected chi connectivity index (χ4v) is 3.41. The van der Waals surface area contributed by atoms with Gasteiger partial charge in [0, 0.05) is 15.8 Å². The fourth-order valence-electron chi connectivity index (χ4n) is 2.38. The first-order valence-electron chi connectivity index (χ1n) is 7.22. The van der Waals surface area contributed by atoms with Gasteiger partial charge in [-0.2, -0.15) is 0 Å². The van der Waals surface area contributed by atoms with Crippen molar-refractivity contribution in [2.45, 2.75) is 32.7 Å². The van der Waals surface area contributed by atoms with Crippen LogP contribution in [0.5, 0.6) is 5.75 Å². The molecule has 0 radical (unpaired) electrons. The van der Waals surface area contributed by atoms with Crippen LogP contribution in [0.15, 0.2) is 36.4 Å². The van der Waals surface area contributed by atoms with Crippen LogP contribution in [-0.2, 0) is 12.8 Å². The zero-order chi connectivity index (χ0) is 14.4. The quantitative estimate of drug-likeness (QED) is 0.824. The Morgan fingerprint density at radius 1 is 1.15 bits per heavy atom. The summed E-state index contributed by atoms with van der Waals surface area (Å²) < 4.78 is 5.46. The van der Waals surface area contributed by atoms with Crippen molar-refractivity contribution in [1.29, 1.82) is 0 Å². The minimum Gasteiger partial charge on any atom is -0.496 e. The number of methoxy groups -OCH3 is 1. The Morgan fingerprint density at radius 2 is 1.95 bits per heavy atom. The second-order valence-corrected chi connectivity index (χ2v) is 5.98. The molecule has 1 N–H and O–H groups in total. The summed E-state index contributed by atoms with van der Waals surface area (Å²) in [6.07, 6.45) is 2.07. The number of aryl methyl sites for hydroxylation is 1. The lowest BCUT2D eigenvalue weighted by Gasteiger charge is -2.18. The summed E-state index contributed by atoms with van der Waals surface area (Å²) >= 11 is 1.91. The maximum absolute atomic E-state index is 5.46. The van der Waals surface area contributed by atoms with Crippen molar-refractivity contribution in [2.24, 2.45) is 0 Å². The minimum absolute atomic E-state index is 0.363. The first-order chi connectivity index (χ1) is 9.78. The summed E-state index contributed by atoms with van der Waals surface area (Å²) in [5, 5.41) is 3.59. The number of ether oxygens (including phenoxy) is 1. The molecule has 0 amide bonds. The molecule has 1 aromatic heterocycles. The van der Waals surface area contributed by atoms with E-state index in [9.17, 15) is 0 Å². The van der Waals surface area contributed by atoms with Gasteiger partial charge in [-0.15, -0.1) is 11.3 Å². The molecule has 1 heterocycles. The van der Waals surface area contributed by atoms with Gasteiger partial charge in [0.2, 0.25) is 0 Å². The zero-order valence-electron chi connectivity index (χ0n) is 12.5. The summed E-state index contributed by atoms with van der Waals surface area (Å²) in [6, 6.07) is 13.1. The topological polar surface area (TPSA) is 21.3 Å². The number of benzene rings is 1. The van der Waals surface area contributed by atoms with Gasteiger partial charge in [0.05, 0.1) is 7.11 Å². The molecule has 1 unspecified atom stereocenters.